The Hall–Kier alpha value is -1.15. The van der Waals surface area contributed by atoms with E-state index in [2.05, 4.69) is 32.9 Å². The molecule has 2 N–H and O–H groups in total. The average molecular weight is 316 g/mol. The highest BCUT2D eigenvalue weighted by molar-refractivity contribution is 6.01. The summed E-state index contributed by atoms with van der Waals surface area (Å²) in [5, 5.41) is 18.6. The van der Waals surface area contributed by atoms with Crippen molar-refractivity contribution in [3.05, 3.63) is 35.4 Å². The maximum absolute atomic E-state index is 9.92. The lowest BCUT2D eigenvalue weighted by Gasteiger charge is -2.27. The van der Waals surface area contributed by atoms with Crippen LogP contribution in [0, 0.1) is 16.7 Å². The van der Waals surface area contributed by atoms with Crippen LogP contribution in [-0.2, 0) is 0 Å². The van der Waals surface area contributed by atoms with E-state index in [-0.39, 0.29) is 17.9 Å². The van der Waals surface area contributed by atoms with E-state index in [0.717, 1.165) is 37.0 Å². The largest absolute Gasteiger partial charge is 0.396 e. The Morgan fingerprint density at radius 1 is 1.17 bits per heavy atom. The molecule has 0 aromatic heterocycles. The molecule has 1 atom stereocenters. The van der Waals surface area contributed by atoms with Crippen molar-refractivity contribution in [1.29, 1.82) is 5.41 Å². The Balaban J connectivity index is 2.19. The van der Waals surface area contributed by atoms with Gasteiger partial charge in [-0.05, 0) is 42.2 Å². The monoisotopic (exact) mass is 315 g/mol. The second-order valence-electron chi connectivity index (χ2n) is 8.31. The van der Waals surface area contributed by atoms with Gasteiger partial charge in [-0.3, -0.25) is 0 Å². The molecule has 2 nitrogen and oxygen atoms in total. The third kappa shape index (κ3) is 5.17. The molecule has 1 saturated carbocycles. The first-order chi connectivity index (χ1) is 10.9. The van der Waals surface area contributed by atoms with Crippen LogP contribution in [0.2, 0.25) is 0 Å². The summed E-state index contributed by atoms with van der Waals surface area (Å²) in [5.74, 6) is 0.557. The van der Waals surface area contributed by atoms with Gasteiger partial charge in [-0.2, -0.15) is 0 Å². The van der Waals surface area contributed by atoms with Crippen molar-refractivity contribution in [2.75, 3.05) is 6.61 Å². The van der Waals surface area contributed by atoms with Gasteiger partial charge in [0.15, 0.2) is 0 Å². The topological polar surface area (TPSA) is 44.1 Å². The molecule has 1 fully saturated rings. The van der Waals surface area contributed by atoms with Gasteiger partial charge in [0.1, 0.15) is 0 Å². The number of benzene rings is 1. The Kier molecular flexibility index (Phi) is 6.41. The number of rotatable bonds is 6. The molecule has 1 aromatic carbocycles. The molecule has 0 radical (unpaired) electrons. The molecule has 0 spiro atoms. The minimum absolute atomic E-state index is 0.148. The first-order valence-electron chi connectivity index (χ1n) is 9.21. The lowest BCUT2D eigenvalue weighted by atomic mass is 9.79. The van der Waals surface area contributed by atoms with Gasteiger partial charge in [-0.25, -0.2) is 0 Å². The number of hydrogen-bond donors (Lipinski definition) is 2. The van der Waals surface area contributed by atoms with Crippen molar-refractivity contribution >= 4 is 5.71 Å². The first kappa shape index (κ1) is 18.2. The molecule has 23 heavy (non-hydrogen) atoms. The van der Waals surface area contributed by atoms with Gasteiger partial charge in [0, 0.05) is 24.2 Å². The second kappa shape index (κ2) is 8.10. The van der Waals surface area contributed by atoms with Gasteiger partial charge in [0.05, 0.1) is 0 Å². The molecule has 0 heterocycles. The van der Waals surface area contributed by atoms with Crippen LogP contribution in [0.4, 0.5) is 0 Å². The Bertz CT molecular complexity index is 509. The third-order valence-electron chi connectivity index (χ3n) is 5.17. The van der Waals surface area contributed by atoms with Crippen molar-refractivity contribution < 1.29 is 5.11 Å². The van der Waals surface area contributed by atoms with Crippen molar-refractivity contribution in [1.82, 2.24) is 0 Å². The quantitative estimate of drug-likeness (QED) is 0.665. The van der Waals surface area contributed by atoms with Crippen molar-refractivity contribution in [2.24, 2.45) is 11.3 Å². The molecule has 128 valence electrons. The standard InChI is InChI=1S/C21H33NO/c1-21(2,3)14-13-17(15-23)18-11-7-8-12-19(18)20(22)16-9-5-4-6-10-16/h7-8,11-12,16-17,22-23H,4-6,9-10,13-15H2,1-3H3. The highest BCUT2D eigenvalue weighted by atomic mass is 16.3. The molecule has 0 aliphatic heterocycles. The number of aliphatic hydroxyl groups is 1. The molecule has 0 amide bonds. The summed E-state index contributed by atoms with van der Waals surface area (Å²) < 4.78 is 0. The molecule has 0 bridgehead atoms. The van der Waals surface area contributed by atoms with E-state index in [9.17, 15) is 5.11 Å². The molecule has 2 rings (SSSR count). The van der Waals surface area contributed by atoms with Crippen LogP contribution in [0.15, 0.2) is 24.3 Å². The minimum Gasteiger partial charge on any atom is -0.396 e. The van der Waals surface area contributed by atoms with Crippen LogP contribution >= 0.6 is 0 Å². The van der Waals surface area contributed by atoms with Crippen LogP contribution in [-0.4, -0.2) is 17.4 Å². The van der Waals surface area contributed by atoms with E-state index >= 15 is 0 Å². The fourth-order valence-electron chi connectivity index (χ4n) is 3.66. The van der Waals surface area contributed by atoms with Crippen LogP contribution in [0.5, 0.6) is 0 Å². The number of aliphatic hydroxyl groups excluding tert-OH is 1. The summed E-state index contributed by atoms with van der Waals surface area (Å²) in [6.45, 7) is 6.91. The smallest absolute Gasteiger partial charge is 0.0499 e. The predicted octanol–water partition coefficient (Wildman–Crippen LogP) is 5.54. The van der Waals surface area contributed by atoms with Gasteiger partial charge in [0.25, 0.3) is 0 Å². The van der Waals surface area contributed by atoms with E-state index in [1.165, 1.54) is 24.8 Å². The number of nitrogens with one attached hydrogen (secondary N) is 1. The molecule has 2 heteroatoms. The summed E-state index contributed by atoms with van der Waals surface area (Å²) >= 11 is 0. The molecular formula is C21H33NO. The van der Waals surface area contributed by atoms with E-state index in [1.807, 2.05) is 12.1 Å². The second-order valence-corrected chi connectivity index (χ2v) is 8.31. The fraction of sp³-hybridized carbons (Fsp3) is 0.667. The zero-order valence-electron chi connectivity index (χ0n) is 15.1. The summed E-state index contributed by atoms with van der Waals surface area (Å²) in [7, 11) is 0. The van der Waals surface area contributed by atoms with Crippen LogP contribution in [0.1, 0.15) is 82.8 Å². The van der Waals surface area contributed by atoms with Gasteiger partial charge in [-0.15, -0.1) is 0 Å². The summed E-state index contributed by atoms with van der Waals surface area (Å²) in [6, 6.07) is 8.30. The average Bonchev–Trinajstić information content (AvgIpc) is 2.55. The molecule has 0 saturated heterocycles. The van der Waals surface area contributed by atoms with Crippen molar-refractivity contribution in [2.45, 2.75) is 71.6 Å². The lowest BCUT2D eigenvalue weighted by Crippen LogP contribution is -2.21. The Morgan fingerprint density at radius 2 is 1.83 bits per heavy atom. The van der Waals surface area contributed by atoms with Crippen molar-refractivity contribution in [3.8, 4) is 0 Å². The lowest BCUT2D eigenvalue weighted by molar-refractivity contribution is 0.241. The maximum atomic E-state index is 9.92. The maximum Gasteiger partial charge on any atom is 0.0499 e. The highest BCUT2D eigenvalue weighted by Gasteiger charge is 2.24. The summed E-state index contributed by atoms with van der Waals surface area (Å²) in [4.78, 5) is 0. The van der Waals surface area contributed by atoms with E-state index in [0.29, 0.717) is 5.92 Å². The normalized spacial score (nSPS) is 17.9. The van der Waals surface area contributed by atoms with Crippen molar-refractivity contribution in [3.63, 3.8) is 0 Å². The Morgan fingerprint density at radius 3 is 2.43 bits per heavy atom. The van der Waals surface area contributed by atoms with Gasteiger partial charge in [-0.1, -0.05) is 64.3 Å². The molecule has 1 aliphatic carbocycles. The minimum atomic E-state index is 0.148. The fourth-order valence-corrected chi connectivity index (χ4v) is 3.66. The molecule has 1 aromatic rings. The van der Waals surface area contributed by atoms with Gasteiger partial charge in [0.2, 0.25) is 0 Å². The first-order valence-corrected chi connectivity index (χ1v) is 9.21. The Labute approximate surface area is 141 Å². The third-order valence-corrected chi connectivity index (χ3v) is 5.17. The predicted molar refractivity (Wildman–Crippen MR) is 98.4 cm³/mol. The highest BCUT2D eigenvalue weighted by Crippen LogP contribution is 2.33. The van der Waals surface area contributed by atoms with E-state index < -0.39 is 0 Å². The zero-order valence-corrected chi connectivity index (χ0v) is 15.1. The zero-order chi connectivity index (χ0) is 16.9. The SMILES string of the molecule is CC(C)(C)CCC(CO)c1ccccc1C(=N)C1CCCCC1. The molecular weight excluding hydrogens is 282 g/mol. The van der Waals surface area contributed by atoms with E-state index in [1.54, 1.807) is 0 Å². The summed E-state index contributed by atoms with van der Waals surface area (Å²) in [6.07, 6.45) is 8.19. The van der Waals surface area contributed by atoms with Gasteiger partial charge >= 0.3 is 0 Å². The van der Waals surface area contributed by atoms with E-state index in [4.69, 9.17) is 5.41 Å². The van der Waals surface area contributed by atoms with Gasteiger partial charge < -0.3 is 10.5 Å². The van der Waals surface area contributed by atoms with Crippen LogP contribution < -0.4 is 0 Å². The molecule has 1 unspecified atom stereocenters. The van der Waals surface area contributed by atoms with Crippen LogP contribution in [0.3, 0.4) is 0 Å². The molecule has 1 aliphatic rings. The van der Waals surface area contributed by atoms with Crippen LogP contribution in [0.25, 0.3) is 0 Å². The number of hydrogen-bond acceptors (Lipinski definition) is 2. The summed E-state index contributed by atoms with van der Waals surface area (Å²) in [5.41, 5.74) is 3.33.